The second kappa shape index (κ2) is 6.82. The number of likely N-dealkylation sites (N-methyl/N-ethyl adjacent to an activating group) is 1. The minimum Gasteiger partial charge on any atom is -0.383 e. The lowest BCUT2D eigenvalue weighted by molar-refractivity contribution is -0.126. The van der Waals surface area contributed by atoms with E-state index in [1.54, 1.807) is 7.11 Å². The highest BCUT2D eigenvalue weighted by atomic mass is 16.5. The summed E-state index contributed by atoms with van der Waals surface area (Å²) in [6, 6.07) is -0.167. The molecule has 0 aliphatic heterocycles. The highest BCUT2D eigenvalue weighted by molar-refractivity contribution is 5.80. The summed E-state index contributed by atoms with van der Waals surface area (Å²) in [5, 5.41) is 0. The average Bonchev–Trinajstić information content (AvgIpc) is 2.15. The van der Waals surface area contributed by atoms with E-state index in [2.05, 4.69) is 5.43 Å². The van der Waals surface area contributed by atoms with Crippen LogP contribution in [0.5, 0.6) is 0 Å². The van der Waals surface area contributed by atoms with Crippen LogP contribution in [0.25, 0.3) is 0 Å². The number of rotatable bonds is 6. The molecule has 0 bridgehead atoms. The lowest BCUT2D eigenvalue weighted by atomic mass is 10.2. The van der Waals surface area contributed by atoms with Crippen molar-refractivity contribution in [1.82, 2.24) is 10.3 Å². The van der Waals surface area contributed by atoms with Crippen molar-refractivity contribution in [2.24, 2.45) is 5.84 Å². The van der Waals surface area contributed by atoms with Crippen molar-refractivity contribution in [3.63, 3.8) is 0 Å². The summed E-state index contributed by atoms with van der Waals surface area (Å²) in [4.78, 5) is 13.2. The highest BCUT2D eigenvalue weighted by Crippen LogP contribution is 2.00. The van der Waals surface area contributed by atoms with Crippen LogP contribution in [0.1, 0.15) is 13.3 Å². The van der Waals surface area contributed by atoms with Gasteiger partial charge in [0.15, 0.2) is 0 Å². The molecule has 0 fully saturated rings. The molecule has 3 N–H and O–H groups in total. The van der Waals surface area contributed by atoms with E-state index < -0.39 is 0 Å². The van der Waals surface area contributed by atoms with E-state index in [1.165, 1.54) is 0 Å². The van der Waals surface area contributed by atoms with Gasteiger partial charge in [-0.15, -0.1) is 0 Å². The molecule has 0 heterocycles. The molecule has 1 unspecified atom stereocenters. The van der Waals surface area contributed by atoms with E-state index in [-0.39, 0.29) is 11.9 Å². The number of carbonyl (C=O) groups is 1. The van der Waals surface area contributed by atoms with Gasteiger partial charge in [0, 0.05) is 13.7 Å². The second-order valence-corrected chi connectivity index (χ2v) is 2.91. The molecule has 0 aromatic heterocycles. The highest BCUT2D eigenvalue weighted by Gasteiger charge is 2.19. The summed E-state index contributed by atoms with van der Waals surface area (Å²) in [5.74, 6) is 4.91. The Hall–Kier alpha value is -0.650. The summed E-state index contributed by atoms with van der Waals surface area (Å²) in [6.45, 7) is 3.29. The number of nitrogens with one attached hydrogen (secondary N) is 1. The van der Waals surface area contributed by atoms with Gasteiger partial charge in [0.1, 0.15) is 0 Å². The normalized spacial score (nSPS) is 13.0. The molecule has 13 heavy (non-hydrogen) atoms. The number of nitrogens with two attached hydrogens (primary N) is 1. The smallest absolute Gasteiger partial charge is 0.251 e. The molecule has 0 aliphatic carbocycles. The lowest BCUT2D eigenvalue weighted by Crippen LogP contribution is -2.48. The fraction of sp³-hybridized carbons (Fsp3) is 0.875. The van der Waals surface area contributed by atoms with Crippen LogP contribution in [0.4, 0.5) is 0 Å². The third-order valence-electron chi connectivity index (χ3n) is 2.01. The zero-order chi connectivity index (χ0) is 10.3. The molecule has 0 saturated carbocycles. The van der Waals surface area contributed by atoms with Gasteiger partial charge in [-0.2, -0.15) is 0 Å². The Labute approximate surface area is 79.2 Å². The van der Waals surface area contributed by atoms with E-state index in [4.69, 9.17) is 10.6 Å². The van der Waals surface area contributed by atoms with Crippen molar-refractivity contribution < 1.29 is 9.53 Å². The second-order valence-electron chi connectivity index (χ2n) is 2.91. The molecule has 5 nitrogen and oxygen atoms in total. The molecule has 0 aromatic carbocycles. The molecule has 0 rings (SSSR count). The number of hydrogen-bond acceptors (Lipinski definition) is 4. The van der Waals surface area contributed by atoms with Gasteiger partial charge < -0.3 is 4.74 Å². The first-order chi connectivity index (χ1) is 6.17. The maximum absolute atomic E-state index is 11.2. The monoisotopic (exact) mass is 189 g/mol. The van der Waals surface area contributed by atoms with Crippen LogP contribution in [0.15, 0.2) is 0 Å². The zero-order valence-corrected chi connectivity index (χ0v) is 8.54. The molecular formula is C8H19N3O2. The maximum atomic E-state index is 11.2. The first kappa shape index (κ1) is 12.3. The molecule has 5 heteroatoms. The van der Waals surface area contributed by atoms with E-state index in [1.807, 2.05) is 18.9 Å². The van der Waals surface area contributed by atoms with E-state index in [0.717, 1.165) is 13.0 Å². The van der Waals surface area contributed by atoms with E-state index in [0.29, 0.717) is 6.61 Å². The van der Waals surface area contributed by atoms with Crippen molar-refractivity contribution >= 4 is 5.91 Å². The van der Waals surface area contributed by atoms with Gasteiger partial charge in [-0.05, 0) is 13.5 Å². The van der Waals surface area contributed by atoms with Crippen LogP contribution in [0.3, 0.4) is 0 Å². The molecule has 1 atom stereocenters. The molecule has 0 radical (unpaired) electrons. The Morgan fingerprint density at radius 2 is 2.31 bits per heavy atom. The maximum Gasteiger partial charge on any atom is 0.251 e. The van der Waals surface area contributed by atoms with Gasteiger partial charge in [0.25, 0.3) is 5.91 Å². The first-order valence-corrected chi connectivity index (χ1v) is 4.37. The Kier molecular flexibility index (Phi) is 6.48. The van der Waals surface area contributed by atoms with Crippen LogP contribution in [-0.4, -0.2) is 44.2 Å². The number of methoxy groups -OCH3 is 1. The van der Waals surface area contributed by atoms with Crippen molar-refractivity contribution in [1.29, 1.82) is 0 Å². The molecule has 78 valence electrons. The topological polar surface area (TPSA) is 67.6 Å². The van der Waals surface area contributed by atoms with Crippen LogP contribution in [0, 0.1) is 0 Å². The van der Waals surface area contributed by atoms with Crippen molar-refractivity contribution in [3.05, 3.63) is 0 Å². The predicted octanol–water partition coefficient (Wildman–Crippen LogP) is -0.667. The van der Waals surface area contributed by atoms with Gasteiger partial charge >= 0.3 is 0 Å². The van der Waals surface area contributed by atoms with Gasteiger partial charge in [-0.3, -0.25) is 15.1 Å². The zero-order valence-electron chi connectivity index (χ0n) is 8.54. The minimum absolute atomic E-state index is 0.152. The van der Waals surface area contributed by atoms with Gasteiger partial charge in [-0.25, -0.2) is 5.84 Å². The Morgan fingerprint density at radius 1 is 1.69 bits per heavy atom. The quantitative estimate of drug-likeness (QED) is 0.330. The predicted molar refractivity (Wildman–Crippen MR) is 50.9 cm³/mol. The summed E-state index contributed by atoms with van der Waals surface area (Å²) >= 11 is 0. The molecule has 0 aliphatic rings. The van der Waals surface area contributed by atoms with Crippen molar-refractivity contribution in [3.8, 4) is 0 Å². The number of carbonyl (C=O) groups excluding carboxylic acids is 1. The molecule has 1 amide bonds. The number of hydrazine groups is 1. The van der Waals surface area contributed by atoms with Gasteiger partial charge in [0.2, 0.25) is 0 Å². The molecular weight excluding hydrogens is 170 g/mol. The standard InChI is InChI=1S/C8H19N3O2/c1-4-7(8(12)10-9)11(2)5-6-13-3/h7H,4-6,9H2,1-3H3,(H,10,12). The summed E-state index contributed by atoms with van der Waals surface area (Å²) in [7, 11) is 3.51. The largest absolute Gasteiger partial charge is 0.383 e. The Morgan fingerprint density at radius 3 is 2.69 bits per heavy atom. The average molecular weight is 189 g/mol. The van der Waals surface area contributed by atoms with Crippen LogP contribution >= 0.6 is 0 Å². The minimum atomic E-state index is -0.167. The molecule has 0 aromatic rings. The van der Waals surface area contributed by atoms with Gasteiger partial charge in [0.05, 0.1) is 12.6 Å². The van der Waals surface area contributed by atoms with Crippen molar-refractivity contribution in [2.45, 2.75) is 19.4 Å². The number of amides is 1. The molecule has 0 spiro atoms. The Bertz CT molecular complexity index is 152. The summed E-state index contributed by atoms with van der Waals surface area (Å²) < 4.78 is 4.92. The number of nitrogens with zero attached hydrogens (tertiary/aromatic N) is 1. The summed E-state index contributed by atoms with van der Waals surface area (Å²) in [5.41, 5.74) is 2.15. The van der Waals surface area contributed by atoms with E-state index >= 15 is 0 Å². The number of hydrogen-bond donors (Lipinski definition) is 2. The van der Waals surface area contributed by atoms with Gasteiger partial charge in [-0.1, -0.05) is 6.92 Å². The summed E-state index contributed by atoms with van der Waals surface area (Å²) in [6.07, 6.45) is 0.739. The van der Waals surface area contributed by atoms with Crippen LogP contribution in [-0.2, 0) is 9.53 Å². The van der Waals surface area contributed by atoms with Crippen LogP contribution < -0.4 is 11.3 Å². The first-order valence-electron chi connectivity index (χ1n) is 4.37. The van der Waals surface area contributed by atoms with Crippen LogP contribution in [0.2, 0.25) is 0 Å². The molecule has 0 saturated heterocycles. The lowest BCUT2D eigenvalue weighted by Gasteiger charge is -2.24. The Balaban J connectivity index is 3.98. The number of ether oxygens (including phenoxy) is 1. The van der Waals surface area contributed by atoms with E-state index in [9.17, 15) is 4.79 Å². The fourth-order valence-electron chi connectivity index (χ4n) is 1.18. The fourth-order valence-corrected chi connectivity index (χ4v) is 1.18. The SMILES string of the molecule is CCC(C(=O)NN)N(C)CCOC. The third-order valence-corrected chi connectivity index (χ3v) is 2.01. The third kappa shape index (κ3) is 4.21. The van der Waals surface area contributed by atoms with Crippen molar-refractivity contribution in [2.75, 3.05) is 27.3 Å².